The molecule has 0 saturated carbocycles. The van der Waals surface area contributed by atoms with Gasteiger partial charge in [0.25, 0.3) is 0 Å². The van der Waals surface area contributed by atoms with Crippen molar-refractivity contribution in [3.05, 3.63) is 273 Å². The summed E-state index contributed by atoms with van der Waals surface area (Å²) in [4.78, 5) is 16.1. The molecule has 0 saturated heterocycles. The molecule has 3 nitrogen and oxygen atoms in total. The smallest absolute Gasteiger partial charge is 0.164 e. The standard InChI is InChI=1S/C69H45N3/c1-4-16-46(17-5-1)51-24-14-25-55(40-51)63-27-12-13-28-65(63)69-71-67(58-37-31-48-30-32-52(43-60(48)44-58)47-18-6-2-7-19-47)70-68(72-69)59-38-39-64(49-20-8-3-9-21-49)66(45-59)57-36-34-53-41-56(35-33-54(53)42-57)62-29-15-23-50-22-10-11-26-61(50)62/h1-45H. The maximum Gasteiger partial charge on any atom is 0.164 e. The molecule has 1 heterocycles. The van der Waals surface area contributed by atoms with Crippen molar-refractivity contribution in [2.75, 3.05) is 0 Å². The molecule has 3 heteroatoms. The molecule has 0 spiro atoms. The van der Waals surface area contributed by atoms with Crippen LogP contribution in [0.25, 0.3) is 133 Å². The van der Waals surface area contributed by atoms with E-state index in [1.54, 1.807) is 0 Å². The molecule has 0 radical (unpaired) electrons. The minimum atomic E-state index is 0.599. The third-order valence-electron chi connectivity index (χ3n) is 13.9. The van der Waals surface area contributed by atoms with E-state index in [1.165, 1.54) is 43.8 Å². The van der Waals surface area contributed by atoms with Crippen LogP contribution in [0.3, 0.4) is 0 Å². The Labute approximate surface area is 419 Å². The van der Waals surface area contributed by atoms with E-state index in [-0.39, 0.29) is 0 Å². The summed E-state index contributed by atoms with van der Waals surface area (Å²) in [6.45, 7) is 0. The molecule has 13 rings (SSSR count). The maximum absolute atomic E-state index is 5.41. The topological polar surface area (TPSA) is 38.7 Å². The highest BCUT2D eigenvalue weighted by molar-refractivity contribution is 6.00. The van der Waals surface area contributed by atoms with Gasteiger partial charge in [-0.25, -0.2) is 15.0 Å². The van der Waals surface area contributed by atoms with Crippen LogP contribution < -0.4 is 0 Å². The van der Waals surface area contributed by atoms with Crippen molar-refractivity contribution in [2.24, 2.45) is 0 Å². The van der Waals surface area contributed by atoms with Crippen LogP contribution >= 0.6 is 0 Å². The molecule has 0 bridgehead atoms. The lowest BCUT2D eigenvalue weighted by Gasteiger charge is -2.16. The monoisotopic (exact) mass is 915 g/mol. The Morgan fingerprint density at radius 2 is 0.583 bits per heavy atom. The number of fused-ring (bicyclic) bond motifs is 3. The average Bonchev–Trinajstić information content (AvgIpc) is 3.47. The minimum Gasteiger partial charge on any atom is -0.208 e. The predicted molar refractivity (Wildman–Crippen MR) is 301 cm³/mol. The zero-order valence-electron chi connectivity index (χ0n) is 39.3. The number of benzene rings is 12. The van der Waals surface area contributed by atoms with Gasteiger partial charge >= 0.3 is 0 Å². The van der Waals surface area contributed by atoms with Gasteiger partial charge in [0.05, 0.1) is 0 Å². The summed E-state index contributed by atoms with van der Waals surface area (Å²) in [6, 6.07) is 97.5. The van der Waals surface area contributed by atoms with Crippen molar-refractivity contribution in [1.82, 2.24) is 15.0 Å². The summed E-state index contributed by atoms with van der Waals surface area (Å²) < 4.78 is 0. The number of nitrogens with zero attached hydrogens (tertiary/aromatic N) is 3. The van der Waals surface area contributed by atoms with E-state index < -0.39 is 0 Å². The van der Waals surface area contributed by atoms with E-state index >= 15 is 0 Å². The van der Waals surface area contributed by atoms with Crippen LogP contribution in [0.1, 0.15) is 0 Å². The van der Waals surface area contributed by atoms with Crippen molar-refractivity contribution in [2.45, 2.75) is 0 Å². The molecule has 0 unspecified atom stereocenters. The molecule has 336 valence electrons. The molecule has 0 N–H and O–H groups in total. The van der Waals surface area contributed by atoms with Crippen LogP contribution in [-0.4, -0.2) is 15.0 Å². The second-order valence-electron chi connectivity index (χ2n) is 18.4. The van der Waals surface area contributed by atoms with Gasteiger partial charge in [0.15, 0.2) is 17.5 Å². The van der Waals surface area contributed by atoms with Crippen molar-refractivity contribution in [1.29, 1.82) is 0 Å². The normalized spacial score (nSPS) is 11.3. The highest BCUT2D eigenvalue weighted by Gasteiger charge is 2.19. The van der Waals surface area contributed by atoms with Crippen LogP contribution in [0.5, 0.6) is 0 Å². The average molecular weight is 916 g/mol. The first-order chi connectivity index (χ1) is 35.6. The van der Waals surface area contributed by atoms with Crippen molar-refractivity contribution in [3.8, 4) is 101 Å². The fourth-order valence-electron chi connectivity index (χ4n) is 10.2. The summed E-state index contributed by atoms with van der Waals surface area (Å²) in [5, 5.41) is 7.12. The minimum absolute atomic E-state index is 0.599. The fourth-order valence-corrected chi connectivity index (χ4v) is 10.2. The Kier molecular flexibility index (Phi) is 10.9. The van der Waals surface area contributed by atoms with E-state index in [0.717, 1.165) is 72.0 Å². The van der Waals surface area contributed by atoms with Crippen LogP contribution in [0.2, 0.25) is 0 Å². The Hall–Kier alpha value is -9.57. The van der Waals surface area contributed by atoms with Gasteiger partial charge in [0.1, 0.15) is 0 Å². The molecule has 72 heavy (non-hydrogen) atoms. The molecular formula is C69H45N3. The Bertz CT molecular complexity index is 4140. The second-order valence-corrected chi connectivity index (χ2v) is 18.4. The van der Waals surface area contributed by atoms with Gasteiger partial charge < -0.3 is 0 Å². The van der Waals surface area contributed by atoms with Crippen molar-refractivity contribution in [3.63, 3.8) is 0 Å². The second kappa shape index (κ2) is 18.4. The molecule has 12 aromatic carbocycles. The third kappa shape index (κ3) is 8.19. The molecule has 1 aromatic heterocycles. The summed E-state index contributed by atoms with van der Waals surface area (Å²) in [5.41, 5.74) is 16.4. The summed E-state index contributed by atoms with van der Waals surface area (Å²) in [7, 11) is 0. The molecule has 0 atom stereocenters. The van der Waals surface area contributed by atoms with Crippen molar-refractivity contribution >= 4 is 32.3 Å². The predicted octanol–water partition coefficient (Wildman–Crippen LogP) is 18.3. The molecule has 0 amide bonds. The third-order valence-corrected chi connectivity index (χ3v) is 13.9. The molecule has 0 aliphatic heterocycles. The van der Waals surface area contributed by atoms with Gasteiger partial charge in [-0.3, -0.25) is 0 Å². The SMILES string of the molecule is c1ccc(-c2cccc(-c3ccccc3-c3nc(-c4ccc(-c5ccccc5)c(-c5ccc6cc(-c7cccc8ccccc78)ccc6c5)c4)nc(-c4ccc5ccc(-c6ccccc6)cc5c4)n3)c2)cc1. The lowest BCUT2D eigenvalue weighted by molar-refractivity contribution is 1.07. The van der Waals surface area contributed by atoms with Gasteiger partial charge in [-0.05, 0) is 135 Å². The maximum atomic E-state index is 5.41. The van der Waals surface area contributed by atoms with E-state index in [0.29, 0.717) is 17.5 Å². The molecule has 0 aliphatic carbocycles. The summed E-state index contributed by atoms with van der Waals surface area (Å²) in [6.07, 6.45) is 0. The largest absolute Gasteiger partial charge is 0.208 e. The zero-order chi connectivity index (χ0) is 47.8. The van der Waals surface area contributed by atoms with Gasteiger partial charge in [-0.1, -0.05) is 237 Å². The highest BCUT2D eigenvalue weighted by Crippen LogP contribution is 2.40. The van der Waals surface area contributed by atoms with Crippen LogP contribution in [0.15, 0.2) is 273 Å². The van der Waals surface area contributed by atoms with Crippen LogP contribution in [-0.2, 0) is 0 Å². The summed E-state index contributed by atoms with van der Waals surface area (Å²) in [5.74, 6) is 1.81. The van der Waals surface area contributed by atoms with Crippen LogP contribution in [0, 0.1) is 0 Å². The van der Waals surface area contributed by atoms with Crippen LogP contribution in [0.4, 0.5) is 0 Å². The van der Waals surface area contributed by atoms with Gasteiger partial charge in [0, 0.05) is 16.7 Å². The Morgan fingerprint density at radius 1 is 0.167 bits per heavy atom. The summed E-state index contributed by atoms with van der Waals surface area (Å²) >= 11 is 0. The van der Waals surface area contributed by atoms with E-state index in [4.69, 9.17) is 15.0 Å². The Morgan fingerprint density at radius 3 is 1.31 bits per heavy atom. The lowest BCUT2D eigenvalue weighted by Crippen LogP contribution is -2.01. The number of hydrogen-bond acceptors (Lipinski definition) is 3. The number of rotatable bonds is 9. The van der Waals surface area contributed by atoms with E-state index in [2.05, 4.69) is 273 Å². The Balaban J connectivity index is 0.972. The number of hydrogen-bond donors (Lipinski definition) is 0. The van der Waals surface area contributed by atoms with E-state index in [1.807, 2.05) is 0 Å². The van der Waals surface area contributed by atoms with Gasteiger partial charge in [0.2, 0.25) is 0 Å². The zero-order valence-corrected chi connectivity index (χ0v) is 39.3. The number of aromatic nitrogens is 3. The first-order valence-electron chi connectivity index (χ1n) is 24.5. The first-order valence-corrected chi connectivity index (χ1v) is 24.5. The molecule has 0 aliphatic rings. The highest BCUT2D eigenvalue weighted by atomic mass is 15.0. The molecule has 0 fully saturated rings. The van der Waals surface area contributed by atoms with Gasteiger partial charge in [-0.2, -0.15) is 0 Å². The lowest BCUT2D eigenvalue weighted by atomic mass is 9.90. The first kappa shape index (κ1) is 42.5. The molecular weight excluding hydrogens is 871 g/mol. The molecule has 13 aromatic rings. The van der Waals surface area contributed by atoms with E-state index in [9.17, 15) is 0 Å². The van der Waals surface area contributed by atoms with Crippen molar-refractivity contribution < 1.29 is 0 Å². The van der Waals surface area contributed by atoms with Gasteiger partial charge in [-0.15, -0.1) is 0 Å². The fraction of sp³-hybridized carbons (Fsp3) is 0. The quantitative estimate of drug-likeness (QED) is 0.145.